The van der Waals surface area contributed by atoms with E-state index in [0.717, 1.165) is 23.4 Å². The van der Waals surface area contributed by atoms with Crippen molar-refractivity contribution < 1.29 is 9.59 Å². The van der Waals surface area contributed by atoms with Gasteiger partial charge in [-0.1, -0.05) is 25.7 Å². The lowest BCUT2D eigenvalue weighted by Crippen LogP contribution is -2.37. The molecule has 5 heteroatoms. The summed E-state index contributed by atoms with van der Waals surface area (Å²) in [6, 6.07) is 5.99. The highest BCUT2D eigenvalue weighted by atomic mass is 32.2. The number of hydrogen-bond donors (Lipinski definition) is 1. The second-order valence-corrected chi connectivity index (χ2v) is 7.90. The van der Waals surface area contributed by atoms with Crippen LogP contribution in [0.5, 0.6) is 0 Å². The maximum Gasteiger partial charge on any atom is 0.253 e. The van der Waals surface area contributed by atoms with Crippen LogP contribution in [0, 0.1) is 0 Å². The van der Waals surface area contributed by atoms with Gasteiger partial charge in [0, 0.05) is 23.5 Å². The van der Waals surface area contributed by atoms with Crippen LogP contribution in [0.3, 0.4) is 0 Å². The number of rotatable bonds is 2. The van der Waals surface area contributed by atoms with Crippen molar-refractivity contribution in [2.45, 2.75) is 61.6 Å². The largest absolute Gasteiger partial charge is 0.339 e. The van der Waals surface area contributed by atoms with Crippen LogP contribution in [-0.4, -0.2) is 35.1 Å². The lowest BCUT2D eigenvalue weighted by atomic mass is 10.1. The van der Waals surface area contributed by atoms with Gasteiger partial charge in [-0.2, -0.15) is 0 Å². The molecule has 2 amide bonds. The molecule has 1 aromatic rings. The Morgan fingerprint density at radius 1 is 1.22 bits per heavy atom. The van der Waals surface area contributed by atoms with Gasteiger partial charge in [-0.15, -0.1) is 11.8 Å². The fourth-order valence-electron chi connectivity index (χ4n) is 3.36. The third-order valence-corrected chi connectivity index (χ3v) is 6.03. The van der Waals surface area contributed by atoms with Gasteiger partial charge in [0.05, 0.1) is 10.9 Å². The van der Waals surface area contributed by atoms with Crippen LogP contribution < -0.4 is 5.32 Å². The number of amides is 2. The molecule has 0 bridgehead atoms. The zero-order valence-electron chi connectivity index (χ0n) is 13.8. The molecule has 1 aliphatic heterocycles. The Morgan fingerprint density at radius 3 is 2.61 bits per heavy atom. The molecule has 0 radical (unpaired) electrons. The number of thioether (sulfide) groups is 1. The quantitative estimate of drug-likeness (QED) is 0.835. The number of anilines is 1. The summed E-state index contributed by atoms with van der Waals surface area (Å²) in [6.07, 6.45) is 7.15. The molecule has 1 saturated carbocycles. The minimum atomic E-state index is -0.0855. The Morgan fingerprint density at radius 2 is 1.91 bits per heavy atom. The summed E-state index contributed by atoms with van der Waals surface area (Å²) in [5, 5.41) is 2.82. The summed E-state index contributed by atoms with van der Waals surface area (Å²) in [4.78, 5) is 27.6. The normalized spacial score (nSPS) is 22.0. The molecule has 1 unspecified atom stereocenters. The molecule has 0 spiro atoms. The number of carbonyl (C=O) groups excluding carboxylic acids is 2. The molecule has 0 aromatic heterocycles. The number of carbonyl (C=O) groups is 2. The van der Waals surface area contributed by atoms with Gasteiger partial charge in [0.2, 0.25) is 5.91 Å². The first-order valence-electron chi connectivity index (χ1n) is 8.45. The molecule has 0 saturated heterocycles. The van der Waals surface area contributed by atoms with Crippen LogP contribution in [0.1, 0.15) is 55.8 Å². The van der Waals surface area contributed by atoms with E-state index in [-0.39, 0.29) is 17.1 Å². The minimum absolute atomic E-state index is 0.00391. The van der Waals surface area contributed by atoms with Crippen molar-refractivity contribution in [3.8, 4) is 0 Å². The first kappa shape index (κ1) is 16.4. The predicted molar refractivity (Wildman–Crippen MR) is 94.0 cm³/mol. The third kappa shape index (κ3) is 3.55. The number of hydrogen-bond acceptors (Lipinski definition) is 3. The molecule has 1 aliphatic carbocycles. The minimum Gasteiger partial charge on any atom is -0.339 e. The van der Waals surface area contributed by atoms with E-state index in [0.29, 0.717) is 11.6 Å². The van der Waals surface area contributed by atoms with Crippen molar-refractivity contribution in [1.82, 2.24) is 4.90 Å². The SMILES string of the molecule is CC1Sc2ccc(C(=O)N(C)C3CCCCCC3)cc2NC1=O. The van der Waals surface area contributed by atoms with Crippen molar-refractivity contribution >= 4 is 29.3 Å². The van der Waals surface area contributed by atoms with Crippen LogP contribution in [0.25, 0.3) is 0 Å². The summed E-state index contributed by atoms with van der Waals surface area (Å²) in [6.45, 7) is 1.89. The van der Waals surface area contributed by atoms with E-state index in [9.17, 15) is 9.59 Å². The average Bonchev–Trinajstić information content (AvgIpc) is 2.83. The van der Waals surface area contributed by atoms with Crippen molar-refractivity contribution in [3.63, 3.8) is 0 Å². The second-order valence-electron chi connectivity index (χ2n) is 6.52. The molecular formula is C18H24N2O2S. The van der Waals surface area contributed by atoms with Gasteiger partial charge in [-0.3, -0.25) is 9.59 Å². The molecule has 1 atom stereocenters. The van der Waals surface area contributed by atoms with Gasteiger partial charge in [0.1, 0.15) is 0 Å². The fraction of sp³-hybridized carbons (Fsp3) is 0.556. The van der Waals surface area contributed by atoms with Gasteiger partial charge in [-0.25, -0.2) is 0 Å². The number of nitrogens with zero attached hydrogens (tertiary/aromatic N) is 1. The molecule has 2 aliphatic rings. The maximum atomic E-state index is 12.8. The summed E-state index contributed by atoms with van der Waals surface area (Å²) in [7, 11) is 1.91. The molecule has 1 fully saturated rings. The van der Waals surface area contributed by atoms with Crippen LogP contribution in [0.15, 0.2) is 23.1 Å². The highest BCUT2D eigenvalue weighted by molar-refractivity contribution is 8.00. The van der Waals surface area contributed by atoms with Crippen LogP contribution >= 0.6 is 11.8 Å². The monoisotopic (exact) mass is 332 g/mol. The highest BCUT2D eigenvalue weighted by Gasteiger charge is 2.26. The lowest BCUT2D eigenvalue weighted by molar-refractivity contribution is -0.115. The van der Waals surface area contributed by atoms with E-state index in [1.54, 1.807) is 11.8 Å². The summed E-state index contributed by atoms with van der Waals surface area (Å²) in [5.41, 5.74) is 1.42. The van der Waals surface area contributed by atoms with Crippen LogP contribution in [0.2, 0.25) is 0 Å². The Balaban J connectivity index is 1.77. The zero-order chi connectivity index (χ0) is 16.4. The van der Waals surface area contributed by atoms with Gasteiger partial charge in [0.25, 0.3) is 5.91 Å². The van der Waals surface area contributed by atoms with Gasteiger partial charge >= 0.3 is 0 Å². The van der Waals surface area contributed by atoms with E-state index in [1.165, 1.54) is 25.7 Å². The van der Waals surface area contributed by atoms with Crippen LogP contribution in [0.4, 0.5) is 5.69 Å². The Hall–Kier alpha value is -1.49. The Bertz CT molecular complexity index is 609. The van der Waals surface area contributed by atoms with E-state index < -0.39 is 0 Å². The van der Waals surface area contributed by atoms with Gasteiger partial charge in [0.15, 0.2) is 0 Å². The maximum absolute atomic E-state index is 12.8. The smallest absolute Gasteiger partial charge is 0.253 e. The number of fused-ring (bicyclic) bond motifs is 1. The molecule has 124 valence electrons. The van der Waals surface area contributed by atoms with Crippen molar-refractivity contribution in [1.29, 1.82) is 0 Å². The zero-order valence-corrected chi connectivity index (χ0v) is 14.6. The lowest BCUT2D eigenvalue weighted by Gasteiger charge is -2.28. The standard InChI is InChI=1S/C18H24N2O2S/c1-12-17(21)19-15-11-13(9-10-16(15)23-12)18(22)20(2)14-7-5-3-4-6-8-14/h9-12,14H,3-8H2,1-2H3,(H,19,21). The molecule has 3 rings (SSSR count). The highest BCUT2D eigenvalue weighted by Crippen LogP contribution is 2.36. The van der Waals surface area contributed by atoms with Gasteiger partial charge in [-0.05, 0) is 38.0 Å². The molecule has 1 heterocycles. The van der Waals surface area contributed by atoms with Crippen molar-refractivity contribution in [2.75, 3.05) is 12.4 Å². The summed E-state index contributed by atoms with van der Waals surface area (Å²) in [5.74, 6) is 0.0572. The molecule has 23 heavy (non-hydrogen) atoms. The third-order valence-electron chi connectivity index (χ3n) is 4.85. The van der Waals surface area contributed by atoms with E-state index >= 15 is 0 Å². The fourth-order valence-corrected chi connectivity index (χ4v) is 4.29. The average molecular weight is 332 g/mol. The summed E-state index contributed by atoms with van der Waals surface area (Å²) < 4.78 is 0. The van der Waals surface area contributed by atoms with E-state index in [2.05, 4.69) is 5.32 Å². The first-order valence-corrected chi connectivity index (χ1v) is 9.33. The molecule has 1 aromatic carbocycles. The molecule has 4 nitrogen and oxygen atoms in total. The van der Waals surface area contributed by atoms with Crippen LogP contribution in [-0.2, 0) is 4.79 Å². The number of nitrogens with one attached hydrogen (secondary N) is 1. The topological polar surface area (TPSA) is 49.4 Å². The van der Waals surface area contributed by atoms with E-state index in [4.69, 9.17) is 0 Å². The van der Waals surface area contributed by atoms with Crippen molar-refractivity contribution in [2.24, 2.45) is 0 Å². The second kappa shape index (κ2) is 6.95. The van der Waals surface area contributed by atoms with Gasteiger partial charge < -0.3 is 10.2 Å². The first-order chi connectivity index (χ1) is 11.1. The number of benzene rings is 1. The predicted octanol–water partition coefficient (Wildman–Crippen LogP) is 3.91. The Labute approximate surface area is 142 Å². The molecule has 1 N–H and O–H groups in total. The summed E-state index contributed by atoms with van der Waals surface area (Å²) >= 11 is 1.54. The molecular weight excluding hydrogens is 308 g/mol. The Kier molecular flexibility index (Phi) is 4.95. The van der Waals surface area contributed by atoms with E-state index in [1.807, 2.05) is 37.1 Å². The van der Waals surface area contributed by atoms with Crippen molar-refractivity contribution in [3.05, 3.63) is 23.8 Å².